The normalized spacial score (nSPS) is 10.8. The number of unbranched alkanes of at least 4 members (excludes halogenated alkanes) is 2. The minimum atomic E-state index is 0.144. The van der Waals surface area contributed by atoms with E-state index < -0.39 is 0 Å². The van der Waals surface area contributed by atoms with Crippen molar-refractivity contribution in [2.75, 3.05) is 0 Å². The van der Waals surface area contributed by atoms with Crippen molar-refractivity contribution in [2.24, 2.45) is 0 Å². The number of rotatable bonds is 6. The summed E-state index contributed by atoms with van der Waals surface area (Å²) in [6, 6.07) is 5.52. The van der Waals surface area contributed by atoms with E-state index in [0.29, 0.717) is 5.75 Å². The van der Waals surface area contributed by atoms with E-state index in [0.717, 1.165) is 17.7 Å². The number of phenols is 1. The SMILES string of the molecule is CCCCCc1cc(O)cc(OC(C)C)c1. The van der Waals surface area contributed by atoms with Gasteiger partial charge in [0.05, 0.1) is 6.10 Å². The summed E-state index contributed by atoms with van der Waals surface area (Å²) < 4.78 is 5.58. The molecule has 0 spiro atoms. The van der Waals surface area contributed by atoms with Crippen molar-refractivity contribution in [3.8, 4) is 11.5 Å². The molecule has 0 aliphatic rings. The first-order chi connectivity index (χ1) is 7.61. The molecule has 0 bridgehead atoms. The van der Waals surface area contributed by atoms with Gasteiger partial charge >= 0.3 is 0 Å². The van der Waals surface area contributed by atoms with Gasteiger partial charge < -0.3 is 9.84 Å². The summed E-state index contributed by atoms with van der Waals surface area (Å²) in [5.74, 6) is 1.06. The van der Waals surface area contributed by atoms with Crippen LogP contribution in [0.2, 0.25) is 0 Å². The minimum Gasteiger partial charge on any atom is -0.508 e. The Morgan fingerprint density at radius 3 is 2.56 bits per heavy atom. The number of ether oxygens (including phenoxy) is 1. The molecule has 0 aromatic heterocycles. The summed E-state index contributed by atoms with van der Waals surface area (Å²) in [6.07, 6.45) is 4.77. The molecule has 0 fully saturated rings. The molecule has 0 radical (unpaired) electrons. The summed E-state index contributed by atoms with van der Waals surface area (Å²) >= 11 is 0. The third kappa shape index (κ3) is 4.56. The standard InChI is InChI=1S/C14H22O2/c1-4-5-6-7-12-8-13(15)10-14(9-12)16-11(2)3/h8-11,15H,4-7H2,1-3H3. The molecule has 0 unspecified atom stereocenters. The van der Waals surface area contributed by atoms with Crippen molar-refractivity contribution in [2.45, 2.75) is 52.6 Å². The largest absolute Gasteiger partial charge is 0.508 e. The second-order valence-electron chi connectivity index (χ2n) is 4.46. The van der Waals surface area contributed by atoms with Gasteiger partial charge in [0.25, 0.3) is 0 Å². The summed E-state index contributed by atoms with van der Waals surface area (Å²) in [5, 5.41) is 9.58. The monoisotopic (exact) mass is 222 g/mol. The zero-order valence-electron chi connectivity index (χ0n) is 10.5. The zero-order chi connectivity index (χ0) is 12.0. The third-order valence-electron chi connectivity index (χ3n) is 2.39. The Labute approximate surface area is 98.3 Å². The molecule has 1 aromatic carbocycles. The average Bonchev–Trinajstić information content (AvgIpc) is 2.16. The van der Waals surface area contributed by atoms with Crippen molar-refractivity contribution in [3.05, 3.63) is 23.8 Å². The Morgan fingerprint density at radius 1 is 1.19 bits per heavy atom. The third-order valence-corrected chi connectivity index (χ3v) is 2.39. The van der Waals surface area contributed by atoms with E-state index in [1.54, 1.807) is 6.07 Å². The number of benzene rings is 1. The quantitative estimate of drug-likeness (QED) is 0.739. The van der Waals surface area contributed by atoms with Gasteiger partial charge in [0.2, 0.25) is 0 Å². The van der Waals surface area contributed by atoms with Gasteiger partial charge in [0, 0.05) is 6.07 Å². The molecule has 0 saturated heterocycles. The Kier molecular flexibility index (Phi) is 5.17. The van der Waals surface area contributed by atoms with Gasteiger partial charge in [-0.15, -0.1) is 0 Å². The van der Waals surface area contributed by atoms with Gasteiger partial charge in [-0.3, -0.25) is 0 Å². The molecule has 0 aliphatic carbocycles. The summed E-state index contributed by atoms with van der Waals surface area (Å²) in [7, 11) is 0. The van der Waals surface area contributed by atoms with Gasteiger partial charge in [-0.1, -0.05) is 19.8 Å². The van der Waals surface area contributed by atoms with Crippen LogP contribution in [0.15, 0.2) is 18.2 Å². The van der Waals surface area contributed by atoms with E-state index in [2.05, 4.69) is 6.92 Å². The van der Waals surface area contributed by atoms with Crippen LogP contribution in [0.3, 0.4) is 0 Å². The molecule has 16 heavy (non-hydrogen) atoms. The molecule has 1 rings (SSSR count). The van der Waals surface area contributed by atoms with Gasteiger partial charge in [-0.05, 0) is 44.4 Å². The molecule has 2 nitrogen and oxygen atoms in total. The topological polar surface area (TPSA) is 29.5 Å². The molecule has 0 heterocycles. The van der Waals surface area contributed by atoms with E-state index in [-0.39, 0.29) is 6.10 Å². The molecule has 1 aromatic rings. The number of hydrogen-bond donors (Lipinski definition) is 1. The Balaban J connectivity index is 2.65. The van der Waals surface area contributed by atoms with E-state index in [9.17, 15) is 5.11 Å². The van der Waals surface area contributed by atoms with Crippen molar-refractivity contribution in [1.82, 2.24) is 0 Å². The fourth-order valence-corrected chi connectivity index (χ4v) is 1.71. The zero-order valence-corrected chi connectivity index (χ0v) is 10.5. The molecule has 0 aliphatic heterocycles. The van der Waals surface area contributed by atoms with E-state index in [1.165, 1.54) is 19.3 Å². The molecule has 1 N–H and O–H groups in total. The molecular formula is C14H22O2. The fraction of sp³-hybridized carbons (Fsp3) is 0.571. The second-order valence-corrected chi connectivity index (χ2v) is 4.46. The van der Waals surface area contributed by atoms with Crippen LogP contribution in [0.5, 0.6) is 11.5 Å². The van der Waals surface area contributed by atoms with E-state index in [4.69, 9.17) is 4.74 Å². The van der Waals surface area contributed by atoms with Gasteiger partial charge in [-0.2, -0.15) is 0 Å². The Morgan fingerprint density at radius 2 is 1.94 bits per heavy atom. The number of hydrogen-bond acceptors (Lipinski definition) is 2. The highest BCUT2D eigenvalue weighted by molar-refractivity contribution is 5.37. The van der Waals surface area contributed by atoms with Crippen molar-refractivity contribution >= 4 is 0 Å². The van der Waals surface area contributed by atoms with Gasteiger partial charge in [0.15, 0.2) is 0 Å². The predicted molar refractivity (Wildman–Crippen MR) is 67.1 cm³/mol. The first-order valence-corrected chi connectivity index (χ1v) is 6.11. The summed E-state index contributed by atoms with van der Waals surface area (Å²) in [6.45, 7) is 6.16. The van der Waals surface area contributed by atoms with Crippen LogP contribution in [0.1, 0.15) is 45.6 Å². The highest BCUT2D eigenvalue weighted by Gasteiger charge is 2.03. The maximum atomic E-state index is 9.58. The summed E-state index contributed by atoms with van der Waals surface area (Å²) in [5.41, 5.74) is 1.16. The lowest BCUT2D eigenvalue weighted by molar-refractivity contribution is 0.241. The van der Waals surface area contributed by atoms with Crippen molar-refractivity contribution in [1.29, 1.82) is 0 Å². The molecule has 0 amide bonds. The molecular weight excluding hydrogens is 200 g/mol. The average molecular weight is 222 g/mol. The number of aryl methyl sites for hydroxylation is 1. The van der Waals surface area contributed by atoms with E-state index in [1.807, 2.05) is 26.0 Å². The maximum Gasteiger partial charge on any atom is 0.123 e. The highest BCUT2D eigenvalue weighted by atomic mass is 16.5. The Bertz CT molecular complexity index is 319. The first-order valence-electron chi connectivity index (χ1n) is 6.11. The summed E-state index contributed by atoms with van der Waals surface area (Å²) in [4.78, 5) is 0. The van der Waals surface area contributed by atoms with Gasteiger partial charge in [-0.25, -0.2) is 0 Å². The molecule has 0 saturated carbocycles. The van der Waals surface area contributed by atoms with Crippen LogP contribution in [0, 0.1) is 0 Å². The number of phenolic OH excluding ortho intramolecular Hbond substituents is 1. The number of aromatic hydroxyl groups is 1. The van der Waals surface area contributed by atoms with Crippen LogP contribution in [0.4, 0.5) is 0 Å². The highest BCUT2D eigenvalue weighted by Crippen LogP contribution is 2.23. The minimum absolute atomic E-state index is 0.144. The predicted octanol–water partition coefficient (Wildman–Crippen LogP) is 3.91. The molecule has 0 atom stereocenters. The second kappa shape index (κ2) is 6.41. The smallest absolute Gasteiger partial charge is 0.123 e. The van der Waals surface area contributed by atoms with Crippen LogP contribution in [-0.2, 0) is 6.42 Å². The lowest BCUT2D eigenvalue weighted by Crippen LogP contribution is -2.05. The molecule has 2 heteroatoms. The van der Waals surface area contributed by atoms with Crippen LogP contribution >= 0.6 is 0 Å². The first kappa shape index (κ1) is 12.9. The lowest BCUT2D eigenvalue weighted by atomic mass is 10.1. The van der Waals surface area contributed by atoms with Crippen molar-refractivity contribution < 1.29 is 9.84 Å². The lowest BCUT2D eigenvalue weighted by Gasteiger charge is -2.11. The van der Waals surface area contributed by atoms with E-state index >= 15 is 0 Å². The van der Waals surface area contributed by atoms with Crippen LogP contribution in [-0.4, -0.2) is 11.2 Å². The van der Waals surface area contributed by atoms with Crippen LogP contribution < -0.4 is 4.74 Å². The van der Waals surface area contributed by atoms with Crippen LogP contribution in [0.25, 0.3) is 0 Å². The van der Waals surface area contributed by atoms with Gasteiger partial charge in [0.1, 0.15) is 11.5 Å². The Hall–Kier alpha value is -1.18. The fourth-order valence-electron chi connectivity index (χ4n) is 1.71. The maximum absolute atomic E-state index is 9.58. The van der Waals surface area contributed by atoms with Crippen molar-refractivity contribution in [3.63, 3.8) is 0 Å². The molecule has 90 valence electrons.